The van der Waals surface area contributed by atoms with Crippen molar-refractivity contribution < 1.29 is 57.7 Å². The van der Waals surface area contributed by atoms with Crippen molar-refractivity contribution in [2.45, 2.75) is 129 Å². The summed E-state index contributed by atoms with van der Waals surface area (Å²) in [5.74, 6) is 0.514. The Morgan fingerprint density at radius 1 is 0.558 bits per heavy atom. The van der Waals surface area contributed by atoms with E-state index in [4.69, 9.17) is 0 Å². The Morgan fingerprint density at radius 3 is 1.67 bits per heavy atom. The maximum Gasteiger partial charge on any atom is -1.00 e. The van der Waals surface area contributed by atoms with Crippen molar-refractivity contribution >= 4 is 23.8 Å². The Morgan fingerprint density at radius 2 is 1.07 bits per heavy atom. The number of halogens is 3. The standard InChI is InChI=1S/C38H53Si.3ClH.Ti/c1-3-4-5-6-7-8-9-10-11-12-13-14-15-16-17-18-23-32-24-19-22-27-38(32)39-33-28-29-36-35-26-21-20-25-34(35)31(2)37(36)30-33;;;;/h19-22,24-29,31H,3-18,23,39H2,1-2H3;3*1H;/q;;;;+3/p-3. The third kappa shape index (κ3) is 12.3. The van der Waals surface area contributed by atoms with Crippen LogP contribution in [0.2, 0.25) is 0 Å². The molecule has 0 saturated heterocycles. The van der Waals surface area contributed by atoms with Gasteiger partial charge in [0, 0.05) is 0 Å². The Labute approximate surface area is 296 Å². The summed E-state index contributed by atoms with van der Waals surface area (Å²) >= 11 is 2.39. The maximum absolute atomic E-state index is 2.46. The second-order valence-electron chi connectivity index (χ2n) is 12.4. The predicted molar refractivity (Wildman–Crippen MR) is 177 cm³/mol. The molecule has 43 heavy (non-hydrogen) atoms. The van der Waals surface area contributed by atoms with Gasteiger partial charge in [0.2, 0.25) is 0 Å². The summed E-state index contributed by atoms with van der Waals surface area (Å²) in [6, 6.07) is 23.3. The SMILES string of the molecule is CCCCCCCCCCCCCCCCCCc1ccccc1[SiH2]c1ccc2c([c]1[Ti+3])C(C)c1ccccc1-2.[Cl-].[Cl-].[Cl-]. The molecule has 1 aliphatic rings. The van der Waals surface area contributed by atoms with Gasteiger partial charge in [0.25, 0.3) is 0 Å². The minimum absolute atomic E-state index is 0. The molecule has 0 bridgehead atoms. The molecule has 0 N–H and O–H groups in total. The van der Waals surface area contributed by atoms with E-state index < -0.39 is 9.52 Å². The molecule has 234 valence electrons. The van der Waals surface area contributed by atoms with Crippen LogP contribution in [0.5, 0.6) is 0 Å². The van der Waals surface area contributed by atoms with Crippen LogP contribution < -0.4 is 51.5 Å². The van der Waals surface area contributed by atoms with Gasteiger partial charge in [-0.25, -0.2) is 0 Å². The summed E-state index contributed by atoms with van der Waals surface area (Å²) < 4.78 is 1.56. The Balaban J connectivity index is 0.00000308. The van der Waals surface area contributed by atoms with Crippen LogP contribution in [-0.2, 0) is 26.9 Å². The van der Waals surface area contributed by atoms with E-state index >= 15 is 0 Å². The van der Waals surface area contributed by atoms with Gasteiger partial charge in [-0.2, -0.15) is 0 Å². The van der Waals surface area contributed by atoms with E-state index in [9.17, 15) is 0 Å². The number of unbranched alkanes of at least 4 members (excludes halogenated alkanes) is 15. The molecule has 0 nitrogen and oxygen atoms in total. The molecule has 1 aliphatic carbocycles. The fraction of sp³-hybridized carbons (Fsp3) is 0.526. The van der Waals surface area contributed by atoms with Crippen molar-refractivity contribution in [1.29, 1.82) is 0 Å². The first kappa shape index (κ1) is 40.5. The molecule has 0 fully saturated rings. The second kappa shape index (κ2) is 22.9. The Hall–Kier alpha value is -0.539. The van der Waals surface area contributed by atoms with E-state index in [0.717, 1.165) is 0 Å². The minimum atomic E-state index is -0.486. The van der Waals surface area contributed by atoms with Crippen LogP contribution in [0.15, 0.2) is 60.7 Å². The summed E-state index contributed by atoms with van der Waals surface area (Å²) in [5, 5.41) is 3.30. The molecule has 0 amide bonds. The zero-order valence-electron chi connectivity index (χ0n) is 26.7. The van der Waals surface area contributed by atoms with Crippen molar-refractivity contribution in [3.8, 4) is 11.1 Å². The largest absolute Gasteiger partial charge is 1.00 e. The van der Waals surface area contributed by atoms with Crippen LogP contribution in [-0.4, -0.2) is 9.52 Å². The van der Waals surface area contributed by atoms with Gasteiger partial charge in [-0.05, 0) is 0 Å². The minimum Gasteiger partial charge on any atom is -1.00 e. The third-order valence-corrected chi connectivity index (χ3v) is 12.8. The topological polar surface area (TPSA) is 0 Å². The summed E-state index contributed by atoms with van der Waals surface area (Å²) in [5.41, 5.74) is 7.63. The van der Waals surface area contributed by atoms with Gasteiger partial charge in [0.15, 0.2) is 0 Å². The average Bonchev–Trinajstić information content (AvgIpc) is 3.27. The molecular formula is C38H53Cl3SiTi. The monoisotopic (exact) mass is 690 g/mol. The van der Waals surface area contributed by atoms with Crippen LogP contribution >= 0.6 is 0 Å². The summed E-state index contributed by atoms with van der Waals surface area (Å²) in [7, 11) is -0.486. The molecule has 4 rings (SSSR count). The van der Waals surface area contributed by atoms with Gasteiger partial charge in [-0.15, -0.1) is 0 Å². The molecule has 0 spiro atoms. The first-order chi connectivity index (χ1) is 19.7. The fourth-order valence-electron chi connectivity index (χ4n) is 6.81. The molecule has 0 aromatic heterocycles. The first-order valence-corrected chi connectivity index (χ1v) is 18.9. The van der Waals surface area contributed by atoms with Crippen molar-refractivity contribution in [3.05, 3.63) is 77.4 Å². The van der Waals surface area contributed by atoms with E-state index in [1.165, 1.54) is 126 Å². The van der Waals surface area contributed by atoms with Crippen LogP contribution in [0.1, 0.15) is 139 Å². The van der Waals surface area contributed by atoms with E-state index in [-0.39, 0.29) is 37.2 Å². The predicted octanol–water partition coefficient (Wildman–Crippen LogP) is -0.0735. The molecule has 5 heteroatoms. The normalized spacial score (nSPS) is 13.3. The second-order valence-corrected chi connectivity index (χ2v) is 15.0. The molecule has 1 atom stereocenters. The smallest absolute Gasteiger partial charge is 1.00 e. The maximum atomic E-state index is 2.46. The van der Waals surface area contributed by atoms with Gasteiger partial charge in [-0.3, -0.25) is 0 Å². The van der Waals surface area contributed by atoms with Gasteiger partial charge >= 0.3 is 190 Å². The van der Waals surface area contributed by atoms with E-state index in [0.29, 0.717) is 5.92 Å². The van der Waals surface area contributed by atoms with E-state index in [2.05, 4.69) is 94.9 Å². The summed E-state index contributed by atoms with van der Waals surface area (Å²) in [6.45, 7) is 4.70. The first-order valence-electron chi connectivity index (χ1n) is 16.7. The van der Waals surface area contributed by atoms with E-state index in [1.54, 1.807) is 25.4 Å². The number of rotatable bonds is 19. The zero-order chi connectivity index (χ0) is 28.0. The molecule has 3 aromatic rings. The molecule has 3 aromatic carbocycles. The van der Waals surface area contributed by atoms with Crippen molar-refractivity contribution in [2.75, 3.05) is 0 Å². The van der Waals surface area contributed by atoms with Crippen LogP contribution in [0, 0.1) is 0 Å². The number of hydrogen-bond donors (Lipinski definition) is 0. The van der Waals surface area contributed by atoms with Crippen molar-refractivity contribution in [1.82, 2.24) is 0 Å². The van der Waals surface area contributed by atoms with Crippen molar-refractivity contribution in [2.24, 2.45) is 0 Å². The number of hydrogen-bond acceptors (Lipinski definition) is 0. The molecule has 0 radical (unpaired) electrons. The van der Waals surface area contributed by atoms with Crippen LogP contribution in [0.25, 0.3) is 11.1 Å². The number of aryl methyl sites for hydroxylation is 1. The van der Waals surface area contributed by atoms with Crippen LogP contribution in [0.3, 0.4) is 0 Å². The molecule has 0 heterocycles. The molecule has 1 unspecified atom stereocenters. The molecular weight excluding hydrogens is 639 g/mol. The number of fused-ring (bicyclic) bond motifs is 3. The fourth-order valence-corrected chi connectivity index (χ4v) is 9.70. The van der Waals surface area contributed by atoms with Crippen LogP contribution in [0.4, 0.5) is 0 Å². The van der Waals surface area contributed by atoms with Gasteiger partial charge in [0.1, 0.15) is 0 Å². The summed E-state index contributed by atoms with van der Waals surface area (Å²) in [6.07, 6.45) is 24.2. The summed E-state index contributed by atoms with van der Waals surface area (Å²) in [4.78, 5) is 0. The van der Waals surface area contributed by atoms with E-state index in [1.807, 2.05) is 0 Å². The average molecular weight is 692 g/mol. The zero-order valence-corrected chi connectivity index (χ0v) is 32.0. The van der Waals surface area contributed by atoms with Gasteiger partial charge in [0.05, 0.1) is 0 Å². The number of benzene rings is 3. The van der Waals surface area contributed by atoms with Crippen molar-refractivity contribution in [3.63, 3.8) is 0 Å². The third-order valence-electron chi connectivity index (χ3n) is 9.28. The molecule has 0 saturated carbocycles. The molecule has 0 aliphatic heterocycles. The van der Waals surface area contributed by atoms with Gasteiger partial charge < -0.3 is 37.2 Å². The Bertz CT molecular complexity index is 1180. The van der Waals surface area contributed by atoms with Gasteiger partial charge in [-0.1, -0.05) is 71.1 Å². The Kier molecular flexibility index (Phi) is 21.5. The quantitative estimate of drug-likeness (QED) is 0.122.